The lowest BCUT2D eigenvalue weighted by Gasteiger charge is -2.40. The van der Waals surface area contributed by atoms with Crippen LogP contribution in [0.15, 0.2) is 0 Å². The van der Waals surface area contributed by atoms with Gasteiger partial charge in [0.2, 0.25) is 0 Å². The lowest BCUT2D eigenvalue weighted by molar-refractivity contribution is -0.178. The summed E-state index contributed by atoms with van der Waals surface area (Å²) in [4.78, 5) is 0. The lowest BCUT2D eigenvalue weighted by Crippen LogP contribution is -2.53. The van der Waals surface area contributed by atoms with Gasteiger partial charge in [-0.15, -0.1) is 0 Å². The summed E-state index contributed by atoms with van der Waals surface area (Å²) < 4.78 is 46.6. The van der Waals surface area contributed by atoms with Crippen LogP contribution in [0, 0.1) is 0 Å². The van der Waals surface area contributed by atoms with Gasteiger partial charge in [0.25, 0.3) is 0 Å². The molecular formula is C13H25NO5S2. The molecule has 8 heteroatoms. The van der Waals surface area contributed by atoms with Crippen LogP contribution in [0.5, 0.6) is 0 Å². The summed E-state index contributed by atoms with van der Waals surface area (Å²) in [6.45, 7) is 3.98. The maximum Gasteiger partial charge on any atom is 0.169 e. The molecule has 2 rings (SSSR count). The van der Waals surface area contributed by atoms with Crippen molar-refractivity contribution in [1.82, 2.24) is 5.32 Å². The number of rotatable bonds is 6. The highest BCUT2D eigenvalue weighted by molar-refractivity contribution is 7.92. The van der Waals surface area contributed by atoms with E-state index in [4.69, 9.17) is 9.47 Å². The first-order valence-electron chi connectivity index (χ1n) is 7.41. The second-order valence-electron chi connectivity index (χ2n) is 5.77. The van der Waals surface area contributed by atoms with Crippen molar-refractivity contribution >= 4 is 20.6 Å². The Kier molecular flexibility index (Phi) is 5.81. The van der Waals surface area contributed by atoms with E-state index in [1.807, 2.05) is 6.92 Å². The van der Waals surface area contributed by atoms with Crippen LogP contribution in [0.3, 0.4) is 0 Å². The number of ether oxygens (including phenoxy) is 2. The van der Waals surface area contributed by atoms with Crippen LogP contribution >= 0.6 is 0 Å². The second kappa shape index (κ2) is 7.04. The SMILES string of the molecule is CCNC1CCC2(CC1S(=O)CCS(C)(=O)=O)OCCO2. The Morgan fingerprint density at radius 1 is 1.33 bits per heavy atom. The van der Waals surface area contributed by atoms with Gasteiger partial charge in [0.05, 0.1) is 24.2 Å². The van der Waals surface area contributed by atoms with Gasteiger partial charge in [-0.2, -0.15) is 0 Å². The zero-order chi connectivity index (χ0) is 15.5. The van der Waals surface area contributed by atoms with Crippen molar-refractivity contribution in [3.05, 3.63) is 0 Å². The van der Waals surface area contributed by atoms with E-state index in [2.05, 4.69) is 5.32 Å². The van der Waals surface area contributed by atoms with Crippen molar-refractivity contribution in [1.29, 1.82) is 0 Å². The minimum atomic E-state index is -3.09. The first-order valence-corrected chi connectivity index (χ1v) is 10.9. The summed E-state index contributed by atoms with van der Waals surface area (Å²) >= 11 is 0. The van der Waals surface area contributed by atoms with E-state index in [1.54, 1.807) is 0 Å². The normalized spacial score (nSPS) is 30.6. The van der Waals surface area contributed by atoms with Crippen molar-refractivity contribution in [2.24, 2.45) is 0 Å². The van der Waals surface area contributed by atoms with Gasteiger partial charge in [-0.25, -0.2) is 8.42 Å². The molecule has 6 nitrogen and oxygen atoms in total. The lowest BCUT2D eigenvalue weighted by atomic mass is 9.89. The fourth-order valence-corrected chi connectivity index (χ4v) is 6.24. The van der Waals surface area contributed by atoms with Crippen molar-refractivity contribution in [2.45, 2.75) is 43.3 Å². The highest BCUT2D eigenvalue weighted by Crippen LogP contribution is 2.37. The first-order chi connectivity index (χ1) is 9.85. The molecule has 1 saturated heterocycles. The summed E-state index contributed by atoms with van der Waals surface area (Å²) in [7, 11) is -4.30. The second-order valence-corrected chi connectivity index (χ2v) is 9.80. The molecule has 3 atom stereocenters. The van der Waals surface area contributed by atoms with Gasteiger partial charge in [-0.05, 0) is 13.0 Å². The van der Waals surface area contributed by atoms with Gasteiger partial charge in [0, 0.05) is 41.7 Å². The molecule has 2 fully saturated rings. The molecule has 0 aromatic heterocycles. The van der Waals surface area contributed by atoms with Crippen LogP contribution in [0.25, 0.3) is 0 Å². The smallest absolute Gasteiger partial charge is 0.169 e. The van der Waals surface area contributed by atoms with Crippen LogP contribution < -0.4 is 5.32 Å². The zero-order valence-corrected chi connectivity index (χ0v) is 14.3. The number of nitrogens with one attached hydrogen (secondary N) is 1. The maximum atomic E-state index is 12.6. The Balaban J connectivity index is 2.04. The van der Waals surface area contributed by atoms with E-state index >= 15 is 0 Å². The molecule has 1 aliphatic carbocycles. The molecule has 0 aromatic carbocycles. The van der Waals surface area contributed by atoms with Crippen LogP contribution in [-0.4, -0.2) is 67.2 Å². The predicted molar refractivity (Wildman–Crippen MR) is 82.5 cm³/mol. The van der Waals surface area contributed by atoms with Crippen molar-refractivity contribution in [3.8, 4) is 0 Å². The highest BCUT2D eigenvalue weighted by atomic mass is 32.2. The van der Waals surface area contributed by atoms with Crippen LogP contribution in [-0.2, 0) is 30.1 Å². The van der Waals surface area contributed by atoms with E-state index in [0.717, 1.165) is 19.4 Å². The molecular weight excluding hydrogens is 314 g/mol. The molecule has 0 bridgehead atoms. The fraction of sp³-hybridized carbons (Fsp3) is 1.00. The summed E-state index contributed by atoms with van der Waals surface area (Å²) in [5.74, 6) is -0.456. The minimum Gasteiger partial charge on any atom is -0.347 e. The molecule has 3 unspecified atom stereocenters. The van der Waals surface area contributed by atoms with Gasteiger partial charge >= 0.3 is 0 Å². The van der Waals surface area contributed by atoms with Gasteiger partial charge < -0.3 is 14.8 Å². The molecule has 21 heavy (non-hydrogen) atoms. The summed E-state index contributed by atoms with van der Waals surface area (Å²) in [6.07, 6.45) is 3.38. The molecule has 0 amide bonds. The summed E-state index contributed by atoms with van der Waals surface area (Å²) in [5.41, 5.74) is 0. The Morgan fingerprint density at radius 2 is 2.00 bits per heavy atom. The van der Waals surface area contributed by atoms with E-state index in [1.165, 1.54) is 6.26 Å². The van der Waals surface area contributed by atoms with Crippen LogP contribution in [0.2, 0.25) is 0 Å². The van der Waals surface area contributed by atoms with Crippen molar-refractivity contribution in [3.63, 3.8) is 0 Å². The molecule has 1 N–H and O–H groups in total. The largest absolute Gasteiger partial charge is 0.347 e. The van der Waals surface area contributed by atoms with Crippen molar-refractivity contribution < 1.29 is 22.1 Å². The molecule has 1 saturated carbocycles. The van der Waals surface area contributed by atoms with E-state index in [0.29, 0.717) is 19.6 Å². The number of sulfone groups is 1. The monoisotopic (exact) mass is 339 g/mol. The average Bonchev–Trinajstić information content (AvgIpc) is 2.86. The Labute approximate surface area is 129 Å². The Morgan fingerprint density at radius 3 is 2.57 bits per heavy atom. The number of hydrogen-bond donors (Lipinski definition) is 1. The molecule has 124 valence electrons. The number of hydrogen-bond acceptors (Lipinski definition) is 6. The first kappa shape index (κ1) is 17.3. The average molecular weight is 339 g/mol. The highest BCUT2D eigenvalue weighted by Gasteiger charge is 2.46. The van der Waals surface area contributed by atoms with Crippen LogP contribution in [0.1, 0.15) is 26.2 Å². The van der Waals surface area contributed by atoms with Crippen molar-refractivity contribution in [2.75, 3.05) is 37.5 Å². The third-order valence-electron chi connectivity index (χ3n) is 4.07. The third-order valence-corrected chi connectivity index (χ3v) is 7.05. The van der Waals surface area contributed by atoms with Crippen LogP contribution in [0.4, 0.5) is 0 Å². The Hall–Kier alpha value is -0.0200. The van der Waals surface area contributed by atoms with E-state index < -0.39 is 26.4 Å². The molecule has 1 aliphatic heterocycles. The zero-order valence-electron chi connectivity index (χ0n) is 12.7. The summed E-state index contributed by atoms with van der Waals surface area (Å²) in [6, 6.07) is 0.133. The topological polar surface area (TPSA) is 81.7 Å². The van der Waals surface area contributed by atoms with Gasteiger partial charge in [-0.1, -0.05) is 6.92 Å². The minimum absolute atomic E-state index is 0.0380. The van der Waals surface area contributed by atoms with Gasteiger partial charge in [0.15, 0.2) is 5.79 Å². The standard InChI is InChI=1S/C13H25NO5S2/c1-3-14-11-4-5-13(18-6-7-19-13)10-12(11)20(15)8-9-21(2,16)17/h11-12,14H,3-10H2,1-2H3. The molecule has 1 heterocycles. The van der Waals surface area contributed by atoms with Gasteiger partial charge in [-0.3, -0.25) is 4.21 Å². The quantitative estimate of drug-likeness (QED) is 0.737. The molecule has 0 aromatic rings. The summed E-state index contributed by atoms with van der Waals surface area (Å²) in [5, 5.41) is 3.24. The van der Waals surface area contributed by atoms with E-state index in [-0.39, 0.29) is 22.8 Å². The molecule has 1 spiro atoms. The van der Waals surface area contributed by atoms with Gasteiger partial charge in [0.1, 0.15) is 9.84 Å². The molecule has 0 radical (unpaired) electrons. The molecule has 2 aliphatic rings. The van der Waals surface area contributed by atoms with E-state index in [9.17, 15) is 12.6 Å². The maximum absolute atomic E-state index is 12.6. The predicted octanol–water partition coefficient (Wildman–Crippen LogP) is 0.0534. The fourth-order valence-electron chi connectivity index (χ4n) is 3.03. The Bertz CT molecular complexity index is 473. The third kappa shape index (κ3) is 4.72.